The van der Waals surface area contributed by atoms with Gasteiger partial charge in [-0.3, -0.25) is 0 Å². The van der Waals surface area contributed by atoms with Gasteiger partial charge < -0.3 is 5.32 Å². The van der Waals surface area contributed by atoms with E-state index in [1.54, 1.807) is 0 Å². The van der Waals surface area contributed by atoms with Crippen LogP contribution in [0.3, 0.4) is 0 Å². The quantitative estimate of drug-likeness (QED) is 0.665. The van der Waals surface area contributed by atoms with Gasteiger partial charge in [-0.2, -0.15) is 0 Å². The minimum atomic E-state index is 0.546. The van der Waals surface area contributed by atoms with Crippen molar-refractivity contribution < 1.29 is 0 Å². The third-order valence-corrected chi connectivity index (χ3v) is 4.59. The number of rotatable bonds is 2. The average molecular weight is 193 g/mol. The molecule has 1 nitrogen and oxygen atoms in total. The summed E-state index contributed by atoms with van der Waals surface area (Å²) < 4.78 is 0. The van der Waals surface area contributed by atoms with Crippen LogP contribution in [-0.2, 0) is 0 Å². The van der Waals surface area contributed by atoms with Gasteiger partial charge in [0, 0.05) is 12.6 Å². The van der Waals surface area contributed by atoms with Crippen LogP contribution in [0.25, 0.3) is 0 Å². The molecule has 0 radical (unpaired) electrons. The second-order valence-electron chi connectivity index (χ2n) is 5.63. The first-order valence-corrected chi connectivity index (χ1v) is 5.99. The number of hydrogen-bond donors (Lipinski definition) is 1. The van der Waals surface area contributed by atoms with Crippen LogP contribution in [0, 0.1) is 23.2 Å². The summed E-state index contributed by atoms with van der Waals surface area (Å²) in [5.41, 5.74) is 0.546. The Labute approximate surface area is 88.0 Å². The lowest BCUT2D eigenvalue weighted by molar-refractivity contribution is 0.00447. The van der Waals surface area contributed by atoms with Crippen LogP contribution in [-0.4, -0.2) is 12.6 Å². The fourth-order valence-corrected chi connectivity index (χ4v) is 3.72. The van der Waals surface area contributed by atoms with Crippen molar-refractivity contribution >= 4 is 0 Å². The molecule has 2 bridgehead atoms. The molecule has 1 saturated heterocycles. The molecule has 3 rings (SSSR count). The van der Waals surface area contributed by atoms with Crippen molar-refractivity contribution in [3.63, 3.8) is 0 Å². The molecule has 1 N–H and O–H groups in total. The molecule has 0 amide bonds. The van der Waals surface area contributed by atoms with E-state index >= 15 is 0 Å². The van der Waals surface area contributed by atoms with Gasteiger partial charge in [0.05, 0.1) is 0 Å². The third kappa shape index (κ3) is 1.25. The van der Waals surface area contributed by atoms with E-state index in [9.17, 15) is 0 Å². The molecular weight excluding hydrogens is 170 g/mol. The molecule has 1 fully saturated rings. The van der Waals surface area contributed by atoms with Gasteiger partial charge in [-0.25, -0.2) is 0 Å². The van der Waals surface area contributed by atoms with Crippen LogP contribution < -0.4 is 5.32 Å². The first-order valence-electron chi connectivity index (χ1n) is 5.99. The molecule has 0 spiro atoms. The summed E-state index contributed by atoms with van der Waals surface area (Å²) >= 11 is 0. The van der Waals surface area contributed by atoms with E-state index in [2.05, 4.69) is 45.2 Å². The molecule has 0 aromatic heterocycles. The van der Waals surface area contributed by atoms with Crippen molar-refractivity contribution in [1.82, 2.24) is 5.32 Å². The predicted molar refractivity (Wildman–Crippen MR) is 61.1 cm³/mol. The molecule has 1 aliphatic carbocycles. The summed E-state index contributed by atoms with van der Waals surface area (Å²) in [6, 6.07) is 0.643. The lowest BCUT2D eigenvalue weighted by Crippen LogP contribution is -2.56. The Morgan fingerprint density at radius 2 is 1.79 bits per heavy atom. The highest BCUT2D eigenvalue weighted by Crippen LogP contribution is 2.51. The van der Waals surface area contributed by atoms with Crippen LogP contribution >= 0.6 is 0 Å². The zero-order valence-corrected chi connectivity index (χ0v) is 9.88. The van der Waals surface area contributed by atoms with Crippen LogP contribution in [0.15, 0.2) is 12.2 Å². The molecule has 3 aliphatic rings. The molecule has 2 aliphatic heterocycles. The third-order valence-electron chi connectivity index (χ3n) is 4.59. The predicted octanol–water partition coefficient (Wildman–Crippen LogP) is 2.83. The number of piperidine rings is 1. The second-order valence-corrected chi connectivity index (χ2v) is 5.63. The van der Waals surface area contributed by atoms with Crippen LogP contribution in [0.5, 0.6) is 0 Å². The zero-order chi connectivity index (χ0) is 10.3. The maximum absolute atomic E-state index is 3.60. The Balaban J connectivity index is 2.33. The van der Waals surface area contributed by atoms with Gasteiger partial charge in [-0.1, -0.05) is 39.8 Å². The highest BCUT2D eigenvalue weighted by molar-refractivity contribution is 5.16. The van der Waals surface area contributed by atoms with Crippen molar-refractivity contribution in [3.8, 4) is 0 Å². The molecule has 2 heterocycles. The van der Waals surface area contributed by atoms with E-state index in [1.807, 2.05) is 0 Å². The maximum Gasteiger partial charge on any atom is 0.0256 e. The Hall–Kier alpha value is -0.300. The van der Waals surface area contributed by atoms with E-state index in [4.69, 9.17) is 0 Å². The summed E-state index contributed by atoms with van der Waals surface area (Å²) in [6.07, 6.45) is 6.17. The largest absolute Gasteiger partial charge is 0.310 e. The van der Waals surface area contributed by atoms with Gasteiger partial charge >= 0.3 is 0 Å². The van der Waals surface area contributed by atoms with Gasteiger partial charge in [0.1, 0.15) is 0 Å². The Morgan fingerprint density at radius 1 is 1.14 bits per heavy atom. The minimum absolute atomic E-state index is 0.546. The maximum atomic E-state index is 3.60. The summed E-state index contributed by atoms with van der Waals surface area (Å²) in [7, 11) is 0. The fourth-order valence-electron chi connectivity index (χ4n) is 3.72. The molecule has 0 saturated carbocycles. The van der Waals surface area contributed by atoms with Crippen molar-refractivity contribution in [3.05, 3.63) is 12.2 Å². The lowest BCUT2D eigenvalue weighted by atomic mass is 9.54. The van der Waals surface area contributed by atoms with E-state index in [-0.39, 0.29) is 0 Å². The monoisotopic (exact) mass is 193 g/mol. The molecular formula is C13H23N. The van der Waals surface area contributed by atoms with Gasteiger partial charge in [-0.15, -0.1) is 0 Å². The standard InChI is InChI=1S/C13H23N/c1-9(2)13(10(3)4)7-12-6-5-11(13)8-14-12/h5-6,9-12,14H,7-8H2,1-4H3. The van der Waals surface area contributed by atoms with E-state index in [0.717, 1.165) is 17.8 Å². The van der Waals surface area contributed by atoms with Gasteiger partial charge in [0.2, 0.25) is 0 Å². The summed E-state index contributed by atoms with van der Waals surface area (Å²) in [4.78, 5) is 0. The Bertz CT molecular complexity index is 232. The molecule has 2 unspecified atom stereocenters. The lowest BCUT2D eigenvalue weighted by Gasteiger charge is -2.54. The SMILES string of the molecule is CC(C)C1(C(C)C)CC2C=CC1CN2. The van der Waals surface area contributed by atoms with Gasteiger partial charge in [0.15, 0.2) is 0 Å². The molecule has 14 heavy (non-hydrogen) atoms. The molecule has 2 atom stereocenters. The highest BCUT2D eigenvalue weighted by Gasteiger charge is 2.48. The van der Waals surface area contributed by atoms with Crippen molar-refractivity contribution in [2.45, 2.75) is 40.2 Å². The van der Waals surface area contributed by atoms with Crippen molar-refractivity contribution in [1.29, 1.82) is 0 Å². The topological polar surface area (TPSA) is 12.0 Å². The molecule has 1 heteroatoms. The highest BCUT2D eigenvalue weighted by atomic mass is 15.0. The summed E-state index contributed by atoms with van der Waals surface area (Å²) in [6.45, 7) is 10.8. The summed E-state index contributed by atoms with van der Waals surface area (Å²) in [5, 5.41) is 3.60. The molecule has 0 aromatic rings. The van der Waals surface area contributed by atoms with Crippen molar-refractivity contribution in [2.24, 2.45) is 23.2 Å². The van der Waals surface area contributed by atoms with Gasteiger partial charge in [0.25, 0.3) is 0 Å². The minimum Gasteiger partial charge on any atom is -0.310 e. The van der Waals surface area contributed by atoms with E-state index in [0.29, 0.717) is 11.5 Å². The van der Waals surface area contributed by atoms with E-state index in [1.165, 1.54) is 13.0 Å². The normalized spacial score (nSPS) is 34.4. The first-order chi connectivity index (χ1) is 6.57. The Kier molecular flexibility index (Phi) is 2.46. The number of fused-ring (bicyclic) bond motifs is 2. The van der Waals surface area contributed by atoms with Crippen LogP contribution in [0.1, 0.15) is 34.1 Å². The van der Waals surface area contributed by atoms with Gasteiger partial charge in [-0.05, 0) is 29.6 Å². The molecule has 80 valence electrons. The Morgan fingerprint density at radius 3 is 2.00 bits per heavy atom. The van der Waals surface area contributed by atoms with Crippen LogP contribution in [0.4, 0.5) is 0 Å². The van der Waals surface area contributed by atoms with E-state index < -0.39 is 0 Å². The second kappa shape index (κ2) is 3.37. The van der Waals surface area contributed by atoms with Crippen LogP contribution in [0.2, 0.25) is 0 Å². The van der Waals surface area contributed by atoms with Crippen molar-refractivity contribution in [2.75, 3.05) is 6.54 Å². The summed E-state index contributed by atoms with van der Waals surface area (Å²) in [5.74, 6) is 2.34. The first kappa shape index (κ1) is 10.2. The zero-order valence-electron chi connectivity index (χ0n) is 9.88. The average Bonchev–Trinajstić information content (AvgIpc) is 2.18. The molecule has 0 aromatic carbocycles. The number of hydrogen-bond acceptors (Lipinski definition) is 1. The fraction of sp³-hybridized carbons (Fsp3) is 0.846. The number of nitrogens with one attached hydrogen (secondary N) is 1. The smallest absolute Gasteiger partial charge is 0.0256 e.